The van der Waals surface area contributed by atoms with E-state index in [1.807, 2.05) is 12.1 Å². The molecule has 1 aromatic rings. The van der Waals surface area contributed by atoms with Gasteiger partial charge in [-0.15, -0.1) is 0 Å². The topological polar surface area (TPSA) is 70.7 Å². The lowest BCUT2D eigenvalue weighted by molar-refractivity contribution is 0.190. The number of sulfonamides is 1. The largest absolute Gasteiger partial charge is 0.380 e. The smallest absolute Gasteiger partial charge is 0.240 e. The number of hydrogen-bond acceptors (Lipinski definition) is 5. The van der Waals surface area contributed by atoms with Gasteiger partial charge in [0.05, 0.1) is 11.5 Å². The van der Waals surface area contributed by atoms with Gasteiger partial charge in [0, 0.05) is 31.8 Å². The van der Waals surface area contributed by atoms with Crippen LogP contribution in [0.5, 0.6) is 0 Å². The van der Waals surface area contributed by atoms with Crippen LogP contribution in [0.4, 0.5) is 0 Å². The van der Waals surface area contributed by atoms with Crippen LogP contribution in [0.2, 0.25) is 0 Å². The highest BCUT2D eigenvalue weighted by molar-refractivity contribution is 7.89. The summed E-state index contributed by atoms with van der Waals surface area (Å²) < 4.78 is 33.2. The molecule has 7 heteroatoms. The molecule has 0 spiro atoms. The highest BCUT2D eigenvalue weighted by Gasteiger charge is 2.26. The molecule has 3 rings (SSSR count). The van der Waals surface area contributed by atoms with Gasteiger partial charge >= 0.3 is 0 Å². The maximum atomic E-state index is 12.5. The number of benzene rings is 1. The van der Waals surface area contributed by atoms with Crippen LogP contribution in [0.15, 0.2) is 29.2 Å². The third-order valence-electron chi connectivity index (χ3n) is 4.80. The van der Waals surface area contributed by atoms with Crippen LogP contribution in [0.25, 0.3) is 0 Å². The molecule has 2 fully saturated rings. The van der Waals surface area contributed by atoms with Crippen molar-refractivity contribution in [2.24, 2.45) is 0 Å². The molecule has 0 aromatic heterocycles. The summed E-state index contributed by atoms with van der Waals surface area (Å²) in [6.45, 7) is 7.12. The monoisotopic (exact) mass is 353 g/mol. The molecule has 6 nitrogen and oxygen atoms in total. The highest BCUT2D eigenvalue weighted by atomic mass is 32.2. The Hall–Kier alpha value is -0.990. The first-order valence-corrected chi connectivity index (χ1v) is 10.2. The zero-order chi connectivity index (χ0) is 17.0. The van der Waals surface area contributed by atoms with Crippen LogP contribution in [-0.2, 0) is 21.3 Å². The lowest BCUT2D eigenvalue weighted by Gasteiger charge is -2.15. The van der Waals surface area contributed by atoms with Crippen LogP contribution in [0.1, 0.15) is 25.3 Å². The second-order valence-corrected chi connectivity index (χ2v) is 8.30. The highest BCUT2D eigenvalue weighted by Crippen LogP contribution is 2.15. The lowest BCUT2D eigenvalue weighted by atomic mass is 10.2. The molecule has 134 valence electrons. The van der Waals surface area contributed by atoms with E-state index >= 15 is 0 Å². The summed E-state index contributed by atoms with van der Waals surface area (Å²) in [6, 6.07) is 7.56. The Morgan fingerprint density at radius 1 is 1.21 bits per heavy atom. The van der Waals surface area contributed by atoms with E-state index in [1.54, 1.807) is 12.1 Å². The third kappa shape index (κ3) is 4.55. The van der Waals surface area contributed by atoms with Gasteiger partial charge in [-0.2, -0.15) is 0 Å². The van der Waals surface area contributed by atoms with Crippen molar-refractivity contribution >= 4 is 10.0 Å². The van der Waals surface area contributed by atoms with E-state index in [2.05, 4.69) is 21.9 Å². The summed E-state index contributed by atoms with van der Waals surface area (Å²) in [5, 5.41) is 3.43. The standard InChI is InChI=1S/C17H27N3O3S/c1-2-20-9-7-15(12-20)19-24(21,22)17-5-3-14(4-6-17)11-18-16-8-10-23-13-16/h3-6,15-16,18-19H,2,7-13H2,1H3. The number of nitrogens with one attached hydrogen (secondary N) is 2. The van der Waals surface area contributed by atoms with Gasteiger partial charge in [-0.3, -0.25) is 0 Å². The van der Waals surface area contributed by atoms with Gasteiger partial charge in [-0.1, -0.05) is 19.1 Å². The van der Waals surface area contributed by atoms with E-state index < -0.39 is 10.0 Å². The van der Waals surface area contributed by atoms with E-state index in [-0.39, 0.29) is 6.04 Å². The molecule has 2 atom stereocenters. The Morgan fingerprint density at radius 2 is 2.00 bits per heavy atom. The normalized spacial score (nSPS) is 25.4. The fourth-order valence-corrected chi connectivity index (χ4v) is 4.51. The molecule has 2 aliphatic rings. The van der Waals surface area contributed by atoms with Crippen molar-refractivity contribution in [3.63, 3.8) is 0 Å². The number of ether oxygens (including phenoxy) is 1. The minimum Gasteiger partial charge on any atom is -0.380 e. The van der Waals surface area contributed by atoms with Gasteiger partial charge in [-0.05, 0) is 43.6 Å². The predicted molar refractivity (Wildman–Crippen MR) is 93.3 cm³/mol. The maximum Gasteiger partial charge on any atom is 0.240 e. The summed E-state index contributed by atoms with van der Waals surface area (Å²) in [4.78, 5) is 2.60. The SMILES string of the molecule is CCN1CCC(NS(=O)(=O)c2ccc(CNC3CCOC3)cc2)C1. The average molecular weight is 353 g/mol. The van der Waals surface area contributed by atoms with Crippen molar-refractivity contribution in [2.45, 2.75) is 43.3 Å². The Labute approximate surface area is 144 Å². The Kier molecular flexibility index (Phi) is 5.89. The van der Waals surface area contributed by atoms with Crippen LogP contribution >= 0.6 is 0 Å². The van der Waals surface area contributed by atoms with Crippen LogP contribution in [0, 0.1) is 0 Å². The van der Waals surface area contributed by atoms with Crippen molar-refractivity contribution < 1.29 is 13.2 Å². The molecule has 0 amide bonds. The number of rotatable bonds is 7. The Bertz CT molecular complexity index is 627. The number of likely N-dealkylation sites (tertiary alicyclic amines) is 1. The van der Waals surface area contributed by atoms with Gasteiger partial charge in [-0.25, -0.2) is 13.1 Å². The minimum atomic E-state index is -3.44. The van der Waals surface area contributed by atoms with Crippen LogP contribution in [0.3, 0.4) is 0 Å². The zero-order valence-corrected chi connectivity index (χ0v) is 15.0. The van der Waals surface area contributed by atoms with Crippen LogP contribution < -0.4 is 10.0 Å². The van der Waals surface area contributed by atoms with Crippen molar-refractivity contribution in [1.82, 2.24) is 14.9 Å². The van der Waals surface area contributed by atoms with E-state index in [0.717, 1.165) is 57.8 Å². The van der Waals surface area contributed by atoms with Crippen molar-refractivity contribution in [3.05, 3.63) is 29.8 Å². The third-order valence-corrected chi connectivity index (χ3v) is 6.34. The van der Waals surface area contributed by atoms with Gasteiger partial charge < -0.3 is 15.0 Å². The summed E-state index contributed by atoms with van der Waals surface area (Å²) in [5.41, 5.74) is 1.08. The first-order valence-electron chi connectivity index (χ1n) is 8.71. The summed E-state index contributed by atoms with van der Waals surface area (Å²) in [5.74, 6) is 0. The van der Waals surface area contributed by atoms with Gasteiger partial charge in [0.1, 0.15) is 0 Å². The molecule has 2 heterocycles. The molecule has 0 saturated carbocycles. The Morgan fingerprint density at radius 3 is 2.62 bits per heavy atom. The molecular weight excluding hydrogens is 326 g/mol. The number of likely N-dealkylation sites (N-methyl/N-ethyl adjacent to an activating group) is 1. The van der Waals surface area contributed by atoms with E-state index in [0.29, 0.717) is 10.9 Å². The summed E-state index contributed by atoms with van der Waals surface area (Å²) in [7, 11) is -3.44. The Balaban J connectivity index is 1.55. The molecule has 0 bridgehead atoms. The quantitative estimate of drug-likeness (QED) is 0.763. The molecule has 0 aliphatic carbocycles. The number of nitrogens with zero attached hydrogens (tertiary/aromatic N) is 1. The van der Waals surface area contributed by atoms with Crippen molar-refractivity contribution in [1.29, 1.82) is 0 Å². The van der Waals surface area contributed by atoms with Gasteiger partial charge in [0.15, 0.2) is 0 Å². The molecule has 24 heavy (non-hydrogen) atoms. The molecule has 2 aliphatic heterocycles. The molecule has 2 N–H and O–H groups in total. The molecule has 2 saturated heterocycles. The maximum absolute atomic E-state index is 12.5. The number of hydrogen-bond donors (Lipinski definition) is 2. The predicted octanol–water partition coefficient (Wildman–Crippen LogP) is 0.938. The fourth-order valence-electron chi connectivity index (χ4n) is 3.25. The first-order chi connectivity index (χ1) is 11.6. The summed E-state index contributed by atoms with van der Waals surface area (Å²) >= 11 is 0. The average Bonchev–Trinajstić information content (AvgIpc) is 3.24. The van der Waals surface area contributed by atoms with E-state index in [9.17, 15) is 8.42 Å². The minimum absolute atomic E-state index is 0.0126. The fraction of sp³-hybridized carbons (Fsp3) is 0.647. The van der Waals surface area contributed by atoms with E-state index in [4.69, 9.17) is 4.74 Å². The van der Waals surface area contributed by atoms with Crippen molar-refractivity contribution in [2.75, 3.05) is 32.8 Å². The van der Waals surface area contributed by atoms with Crippen molar-refractivity contribution in [3.8, 4) is 0 Å². The van der Waals surface area contributed by atoms with E-state index in [1.165, 1.54) is 0 Å². The molecule has 1 aromatic carbocycles. The van der Waals surface area contributed by atoms with Gasteiger partial charge in [0.2, 0.25) is 10.0 Å². The lowest BCUT2D eigenvalue weighted by Crippen LogP contribution is -2.37. The molecule has 0 radical (unpaired) electrons. The zero-order valence-electron chi connectivity index (χ0n) is 14.2. The molecular formula is C17H27N3O3S. The second-order valence-electron chi connectivity index (χ2n) is 6.59. The summed E-state index contributed by atoms with van der Waals surface area (Å²) in [6.07, 6.45) is 1.91. The van der Waals surface area contributed by atoms with Crippen LogP contribution in [-0.4, -0.2) is 58.2 Å². The van der Waals surface area contributed by atoms with Gasteiger partial charge in [0.25, 0.3) is 0 Å². The molecule has 2 unspecified atom stereocenters. The first kappa shape index (κ1) is 17.8. The second kappa shape index (κ2) is 7.93.